The molecular weight excluding hydrogens is 196 g/mol. The monoisotopic (exact) mass is 214 g/mol. The number of nitrogens with zero attached hydrogens (tertiary/aromatic N) is 1. The molecular formula is C10H18N2O3. The summed E-state index contributed by atoms with van der Waals surface area (Å²) < 4.78 is 0. The van der Waals surface area contributed by atoms with E-state index < -0.39 is 5.97 Å². The molecule has 5 heteroatoms. The van der Waals surface area contributed by atoms with Gasteiger partial charge in [0.2, 0.25) is 5.91 Å². The van der Waals surface area contributed by atoms with Crippen LogP contribution in [0.15, 0.2) is 0 Å². The second kappa shape index (κ2) is 5.70. The molecule has 1 atom stereocenters. The molecule has 0 bridgehead atoms. The van der Waals surface area contributed by atoms with Gasteiger partial charge in [-0.15, -0.1) is 0 Å². The van der Waals surface area contributed by atoms with Crippen molar-refractivity contribution in [2.45, 2.75) is 38.1 Å². The lowest BCUT2D eigenvalue weighted by Gasteiger charge is -2.21. The first-order valence-corrected chi connectivity index (χ1v) is 5.36. The highest BCUT2D eigenvalue weighted by Crippen LogP contribution is 2.17. The van der Waals surface area contributed by atoms with Crippen molar-refractivity contribution in [2.75, 3.05) is 13.1 Å². The zero-order valence-corrected chi connectivity index (χ0v) is 8.82. The number of hydrogen-bond acceptors (Lipinski definition) is 3. The van der Waals surface area contributed by atoms with Gasteiger partial charge >= 0.3 is 5.97 Å². The number of rotatable bonds is 6. The van der Waals surface area contributed by atoms with Gasteiger partial charge in [-0.2, -0.15) is 0 Å². The Morgan fingerprint density at radius 3 is 2.73 bits per heavy atom. The van der Waals surface area contributed by atoms with Gasteiger partial charge in [0.05, 0.1) is 6.04 Å². The van der Waals surface area contributed by atoms with Gasteiger partial charge in [-0.05, 0) is 38.8 Å². The number of carboxylic acid groups (broad SMARTS) is 1. The highest BCUT2D eigenvalue weighted by molar-refractivity contribution is 5.80. The summed E-state index contributed by atoms with van der Waals surface area (Å²) in [6.07, 6.45) is 3.53. The summed E-state index contributed by atoms with van der Waals surface area (Å²) in [7, 11) is 0. The first-order chi connectivity index (χ1) is 7.11. The van der Waals surface area contributed by atoms with Crippen LogP contribution < -0.4 is 5.73 Å². The smallest absolute Gasteiger partial charge is 0.303 e. The lowest BCUT2D eigenvalue weighted by atomic mass is 10.2. The summed E-state index contributed by atoms with van der Waals surface area (Å²) in [4.78, 5) is 23.4. The maximum atomic E-state index is 11.0. The van der Waals surface area contributed by atoms with E-state index in [0.717, 1.165) is 32.4 Å². The minimum atomic E-state index is -0.761. The minimum absolute atomic E-state index is 0.130. The highest BCUT2D eigenvalue weighted by atomic mass is 16.4. The number of unbranched alkanes of at least 4 members (excludes halogenated alkanes) is 1. The molecule has 1 fully saturated rings. The Kier molecular flexibility index (Phi) is 4.55. The number of primary amides is 1. The molecule has 0 aliphatic carbocycles. The van der Waals surface area contributed by atoms with Crippen LogP contribution in [-0.4, -0.2) is 41.0 Å². The predicted octanol–water partition coefficient (Wildman–Crippen LogP) is 0.191. The van der Waals surface area contributed by atoms with Crippen LogP contribution in [0.5, 0.6) is 0 Å². The molecule has 0 spiro atoms. The molecule has 1 heterocycles. The van der Waals surface area contributed by atoms with Gasteiger partial charge in [0.25, 0.3) is 0 Å². The third-order valence-electron chi connectivity index (χ3n) is 2.78. The van der Waals surface area contributed by atoms with Crippen molar-refractivity contribution in [3.8, 4) is 0 Å². The fraction of sp³-hybridized carbons (Fsp3) is 0.800. The summed E-state index contributed by atoms with van der Waals surface area (Å²) in [6, 6.07) is -0.130. The minimum Gasteiger partial charge on any atom is -0.481 e. The number of carbonyl (C=O) groups is 2. The number of nitrogens with two attached hydrogens (primary N) is 1. The van der Waals surface area contributed by atoms with Crippen LogP contribution in [0.1, 0.15) is 32.1 Å². The van der Waals surface area contributed by atoms with E-state index in [4.69, 9.17) is 10.8 Å². The van der Waals surface area contributed by atoms with Crippen LogP contribution in [0.25, 0.3) is 0 Å². The maximum absolute atomic E-state index is 11.0. The van der Waals surface area contributed by atoms with Crippen molar-refractivity contribution in [1.82, 2.24) is 4.90 Å². The zero-order valence-electron chi connectivity index (χ0n) is 8.82. The van der Waals surface area contributed by atoms with Gasteiger partial charge in [0, 0.05) is 6.42 Å². The summed E-state index contributed by atoms with van der Waals surface area (Å²) >= 11 is 0. The average Bonchev–Trinajstić information content (AvgIpc) is 2.60. The molecule has 3 N–H and O–H groups in total. The van der Waals surface area contributed by atoms with Crippen LogP contribution in [-0.2, 0) is 9.59 Å². The van der Waals surface area contributed by atoms with Crippen molar-refractivity contribution in [3.05, 3.63) is 0 Å². The van der Waals surface area contributed by atoms with Crippen LogP contribution in [0, 0.1) is 0 Å². The van der Waals surface area contributed by atoms with E-state index in [1.807, 2.05) is 0 Å². The molecule has 5 nitrogen and oxygen atoms in total. The topological polar surface area (TPSA) is 83.6 Å². The molecule has 0 saturated carbocycles. The Hall–Kier alpha value is -1.10. The van der Waals surface area contributed by atoms with E-state index in [0.29, 0.717) is 6.42 Å². The molecule has 0 aromatic carbocycles. The normalized spacial score (nSPS) is 21.7. The Morgan fingerprint density at radius 1 is 1.40 bits per heavy atom. The standard InChI is InChI=1S/C10H18N2O3/c11-10(15)8-4-3-7-12(8)6-2-1-5-9(13)14/h8H,1-7H2,(H2,11,15)(H,13,14). The van der Waals surface area contributed by atoms with E-state index in [-0.39, 0.29) is 18.4 Å². The Morgan fingerprint density at radius 2 is 2.13 bits per heavy atom. The van der Waals surface area contributed by atoms with E-state index in [9.17, 15) is 9.59 Å². The molecule has 86 valence electrons. The third kappa shape index (κ3) is 3.87. The molecule has 1 unspecified atom stereocenters. The van der Waals surface area contributed by atoms with Gasteiger partial charge in [-0.25, -0.2) is 0 Å². The number of hydrogen-bond donors (Lipinski definition) is 2. The lowest BCUT2D eigenvalue weighted by molar-refractivity contribution is -0.137. The Labute approximate surface area is 89.2 Å². The number of carbonyl (C=O) groups excluding carboxylic acids is 1. The molecule has 1 saturated heterocycles. The fourth-order valence-electron chi connectivity index (χ4n) is 2.01. The first kappa shape index (κ1) is 12.0. The summed E-state index contributed by atoms with van der Waals surface area (Å²) in [5, 5.41) is 8.46. The van der Waals surface area contributed by atoms with Gasteiger partial charge in [-0.1, -0.05) is 0 Å². The molecule has 0 aromatic heterocycles. The number of aliphatic carboxylic acids is 1. The van der Waals surface area contributed by atoms with Crippen molar-refractivity contribution in [3.63, 3.8) is 0 Å². The van der Waals surface area contributed by atoms with Gasteiger partial charge in [0.15, 0.2) is 0 Å². The third-order valence-corrected chi connectivity index (χ3v) is 2.78. The molecule has 1 rings (SSSR count). The summed E-state index contributed by atoms with van der Waals surface area (Å²) in [5.74, 6) is -1.02. The number of amides is 1. The molecule has 1 aliphatic heterocycles. The first-order valence-electron chi connectivity index (χ1n) is 5.36. The second-order valence-electron chi connectivity index (χ2n) is 3.95. The van der Waals surface area contributed by atoms with Crippen LogP contribution in [0.3, 0.4) is 0 Å². The van der Waals surface area contributed by atoms with E-state index in [1.54, 1.807) is 0 Å². The number of carboxylic acids is 1. The van der Waals surface area contributed by atoms with E-state index in [1.165, 1.54) is 0 Å². The fourth-order valence-corrected chi connectivity index (χ4v) is 2.01. The van der Waals surface area contributed by atoms with Crippen LogP contribution in [0.4, 0.5) is 0 Å². The largest absolute Gasteiger partial charge is 0.481 e. The second-order valence-corrected chi connectivity index (χ2v) is 3.95. The van der Waals surface area contributed by atoms with Crippen LogP contribution in [0.2, 0.25) is 0 Å². The maximum Gasteiger partial charge on any atom is 0.303 e. The van der Waals surface area contributed by atoms with Crippen molar-refractivity contribution in [2.24, 2.45) is 5.73 Å². The molecule has 1 amide bonds. The van der Waals surface area contributed by atoms with Crippen molar-refractivity contribution < 1.29 is 14.7 Å². The zero-order chi connectivity index (χ0) is 11.3. The van der Waals surface area contributed by atoms with Crippen LogP contribution >= 0.6 is 0 Å². The summed E-state index contributed by atoms with van der Waals surface area (Å²) in [6.45, 7) is 1.68. The highest BCUT2D eigenvalue weighted by Gasteiger charge is 2.27. The van der Waals surface area contributed by atoms with Gasteiger partial charge in [-0.3, -0.25) is 14.5 Å². The average molecular weight is 214 g/mol. The SMILES string of the molecule is NC(=O)C1CCCN1CCCCC(=O)O. The van der Waals surface area contributed by atoms with Crippen molar-refractivity contribution >= 4 is 11.9 Å². The van der Waals surface area contributed by atoms with E-state index in [2.05, 4.69) is 4.90 Å². The molecule has 1 aliphatic rings. The summed E-state index contributed by atoms with van der Waals surface area (Å²) in [5.41, 5.74) is 5.27. The van der Waals surface area contributed by atoms with Gasteiger partial charge < -0.3 is 10.8 Å². The van der Waals surface area contributed by atoms with Crippen molar-refractivity contribution in [1.29, 1.82) is 0 Å². The molecule has 15 heavy (non-hydrogen) atoms. The number of likely N-dealkylation sites (tertiary alicyclic amines) is 1. The quantitative estimate of drug-likeness (QED) is 0.618. The lowest BCUT2D eigenvalue weighted by Crippen LogP contribution is -2.40. The van der Waals surface area contributed by atoms with Gasteiger partial charge in [0.1, 0.15) is 0 Å². The Balaban J connectivity index is 2.20. The predicted molar refractivity (Wildman–Crippen MR) is 55.3 cm³/mol. The Bertz CT molecular complexity index is 243. The molecule has 0 aromatic rings. The molecule has 0 radical (unpaired) electrons. The van der Waals surface area contributed by atoms with E-state index >= 15 is 0 Å².